The number of anilines is 2. The van der Waals surface area contributed by atoms with E-state index < -0.39 is 75.1 Å². The van der Waals surface area contributed by atoms with Gasteiger partial charge in [-0.2, -0.15) is 26.3 Å². The first-order valence-corrected chi connectivity index (χ1v) is 25.9. The smallest absolute Gasteiger partial charge is 0.417 e. The number of carbonyl (C=O) groups is 2. The van der Waals surface area contributed by atoms with Crippen LogP contribution in [0.4, 0.5) is 37.7 Å². The molecular formula is C43H32Cl4F6N12O10S2. The number of hydrogen-bond donors (Lipinski definition) is 2. The second kappa shape index (κ2) is 23.6. The lowest BCUT2D eigenvalue weighted by Gasteiger charge is -2.14. The summed E-state index contributed by atoms with van der Waals surface area (Å²) in [5.74, 6) is -2.04. The lowest BCUT2D eigenvalue weighted by atomic mass is 10.2. The van der Waals surface area contributed by atoms with E-state index in [9.17, 15) is 52.8 Å². The molecule has 22 nitrogen and oxygen atoms in total. The number of nitrogens with one attached hydrogen (secondary N) is 2. The van der Waals surface area contributed by atoms with Gasteiger partial charge in [0.25, 0.3) is 20.0 Å². The molecular weight excluding hydrogens is 1160 g/mol. The van der Waals surface area contributed by atoms with E-state index in [1.165, 1.54) is 55.2 Å². The molecule has 0 unspecified atom stereocenters. The third kappa shape index (κ3) is 13.5. The molecule has 0 radical (unpaired) electrons. The molecule has 0 atom stereocenters. The second-order valence-electron chi connectivity index (χ2n) is 15.3. The summed E-state index contributed by atoms with van der Waals surface area (Å²) in [6.45, 7) is 4.82. The van der Waals surface area contributed by atoms with Gasteiger partial charge in [-0.1, -0.05) is 56.7 Å². The first kappa shape index (κ1) is 57.5. The minimum absolute atomic E-state index is 0.00201. The molecule has 7 heterocycles. The maximum Gasteiger partial charge on any atom is 0.417 e. The average molecular weight is 1200 g/mol. The van der Waals surface area contributed by atoms with Crippen LogP contribution in [-0.4, -0.2) is 98.2 Å². The average Bonchev–Trinajstić information content (AvgIpc) is 4.22. The highest BCUT2D eigenvalue weighted by Gasteiger charge is 2.37. The number of rotatable bonds is 13. The molecule has 2 aromatic carbocycles. The van der Waals surface area contributed by atoms with Crippen molar-refractivity contribution in [1.82, 2.24) is 49.8 Å². The van der Waals surface area contributed by atoms with Crippen molar-refractivity contribution in [2.75, 3.05) is 29.3 Å². The lowest BCUT2D eigenvalue weighted by molar-refractivity contribution is -0.138. The topological polar surface area (TPSA) is 284 Å². The van der Waals surface area contributed by atoms with Gasteiger partial charge in [0.15, 0.2) is 29.1 Å². The first-order valence-electron chi connectivity index (χ1n) is 21.4. The minimum Gasteiger partial charge on any atom is -0.460 e. The Hall–Kier alpha value is -7.22. The fourth-order valence-electron chi connectivity index (χ4n) is 6.59. The lowest BCUT2D eigenvalue weighted by Crippen LogP contribution is -2.17. The molecule has 0 spiro atoms. The van der Waals surface area contributed by atoms with Gasteiger partial charge in [-0.05, 0) is 68.3 Å². The molecule has 2 N–H and O–H groups in total. The molecule has 0 aliphatic carbocycles. The van der Waals surface area contributed by atoms with Gasteiger partial charge in [-0.15, -0.1) is 20.4 Å². The quantitative estimate of drug-likeness (QED) is 0.0616. The highest BCUT2D eigenvalue weighted by molar-refractivity contribution is 7.93. The van der Waals surface area contributed by atoms with Gasteiger partial charge in [-0.3, -0.25) is 18.8 Å². The number of nitrogens with zero attached hydrogens (tertiary/aromatic N) is 10. The third-order valence-electron chi connectivity index (χ3n) is 9.96. The first-order chi connectivity index (χ1) is 36.3. The van der Waals surface area contributed by atoms with Gasteiger partial charge in [0.2, 0.25) is 11.6 Å². The molecule has 0 bridgehead atoms. The van der Waals surface area contributed by atoms with Crippen LogP contribution in [0.15, 0.2) is 104 Å². The van der Waals surface area contributed by atoms with Gasteiger partial charge >= 0.3 is 18.3 Å². The van der Waals surface area contributed by atoms with Crippen LogP contribution in [0.5, 0.6) is 0 Å². The minimum atomic E-state index is -4.90. The number of sulfonamides is 2. The van der Waals surface area contributed by atoms with Crippen LogP contribution in [0.3, 0.4) is 0 Å². The summed E-state index contributed by atoms with van der Waals surface area (Å²) < 4.78 is 158. The fraction of sp³-hybridized carbons (Fsp3) is 0.209. The van der Waals surface area contributed by atoms with E-state index >= 15 is 0 Å². The highest BCUT2D eigenvalue weighted by atomic mass is 35.5. The van der Waals surface area contributed by atoms with E-state index in [1.807, 2.05) is 0 Å². The van der Waals surface area contributed by atoms with Crippen LogP contribution in [0.1, 0.15) is 59.1 Å². The van der Waals surface area contributed by atoms with Gasteiger partial charge in [0.1, 0.15) is 23.9 Å². The van der Waals surface area contributed by atoms with Crippen LogP contribution in [0, 0.1) is 0 Å². The van der Waals surface area contributed by atoms with Gasteiger partial charge in [0, 0.05) is 44.7 Å². The molecule has 1 aliphatic rings. The normalized spacial score (nSPS) is 12.8. The van der Waals surface area contributed by atoms with Crippen LogP contribution < -0.4 is 9.44 Å². The Kier molecular flexibility index (Phi) is 17.6. The second-order valence-corrected chi connectivity index (χ2v) is 20.3. The van der Waals surface area contributed by atoms with Crippen molar-refractivity contribution in [2.45, 2.75) is 48.8 Å². The Labute approximate surface area is 449 Å². The molecule has 1 saturated heterocycles. The number of benzene rings is 2. The van der Waals surface area contributed by atoms with Gasteiger partial charge in [-0.25, -0.2) is 36.2 Å². The molecule has 0 saturated carbocycles. The van der Waals surface area contributed by atoms with E-state index in [0.717, 1.165) is 60.4 Å². The number of hydrogen-bond acceptors (Lipinski definition) is 18. The number of Topliss-reactive ketones (excluding diaryl/α,β-unsaturated/α-hetero) is 1. The molecule has 0 amide bonds. The van der Waals surface area contributed by atoms with Crippen molar-refractivity contribution in [3.8, 4) is 34.7 Å². The molecule has 9 rings (SSSR count). The van der Waals surface area contributed by atoms with E-state index in [-0.39, 0.29) is 74.3 Å². The summed E-state index contributed by atoms with van der Waals surface area (Å²) in [5.41, 5.74) is -3.55. The Bertz CT molecular complexity index is 3670. The Morgan fingerprint density at radius 1 is 0.649 bits per heavy atom. The van der Waals surface area contributed by atoms with Crippen molar-refractivity contribution >= 4 is 89.6 Å². The highest BCUT2D eigenvalue weighted by Crippen LogP contribution is 2.39. The summed E-state index contributed by atoms with van der Waals surface area (Å²) in [4.78, 5) is 31.2. The largest absolute Gasteiger partial charge is 0.460 e. The van der Waals surface area contributed by atoms with E-state index in [4.69, 9.17) is 64.9 Å². The van der Waals surface area contributed by atoms with E-state index in [0.29, 0.717) is 12.1 Å². The fourth-order valence-corrected chi connectivity index (χ4v) is 9.53. The summed E-state index contributed by atoms with van der Waals surface area (Å²) in [5, 5.41) is 21.6. The van der Waals surface area contributed by atoms with Crippen molar-refractivity contribution in [2.24, 2.45) is 0 Å². The van der Waals surface area contributed by atoms with Crippen molar-refractivity contribution < 1.29 is 71.3 Å². The zero-order valence-corrected chi connectivity index (χ0v) is 43.4. The van der Waals surface area contributed by atoms with Crippen molar-refractivity contribution in [1.29, 1.82) is 0 Å². The monoisotopic (exact) mass is 1190 g/mol. The Balaban J connectivity index is 0.000000205. The number of pyridine rings is 2. The standard InChI is InChI=1S/C20H13Cl2F3N6O5S.C19H11Cl2F3N6O4S.C4H8O/c1-2-35-19(32)18-28-27-17(31(18)15-5-6-36-29-15)16-14(7-10(21)9-26-16)30-37(33,34)11-3-4-13(22)12(8-11)20(23,24)25;1-9(31)17-26-27-18(30(17)15-4-5-34-28-15)16-14(6-10(20)8-25-16)29-35(32,33)11-2-3-13(21)12(7-11)19(22,23)24;1-2-4-5-3-1/h3-9,30H,2H2,1H3;2-8,29H,1H3;1-4H2. The van der Waals surface area contributed by atoms with Gasteiger partial charge in [0.05, 0.1) is 59.0 Å². The zero-order valence-electron chi connectivity index (χ0n) is 38.8. The Morgan fingerprint density at radius 2 is 1.08 bits per heavy atom. The molecule has 406 valence electrons. The zero-order chi connectivity index (χ0) is 56.0. The van der Waals surface area contributed by atoms with E-state index in [1.54, 1.807) is 6.92 Å². The van der Waals surface area contributed by atoms with E-state index in [2.05, 4.69) is 50.1 Å². The van der Waals surface area contributed by atoms with Crippen LogP contribution in [0.2, 0.25) is 20.1 Å². The Morgan fingerprint density at radius 3 is 1.44 bits per heavy atom. The summed E-state index contributed by atoms with van der Waals surface area (Å²) in [7, 11) is -9.24. The molecule has 77 heavy (non-hydrogen) atoms. The molecule has 8 aromatic rings. The number of alkyl halides is 6. The number of ketones is 1. The molecule has 1 aliphatic heterocycles. The SMILES string of the molecule is C1CCOC1.CC(=O)c1nnc(-c2ncc(Cl)cc2NS(=O)(=O)c2ccc(Cl)c(C(F)(F)F)c2)n1-c1ccon1.CCOC(=O)c1nnc(-c2ncc(Cl)cc2NS(=O)(=O)c2ccc(Cl)c(C(F)(F)F)c2)n1-c1ccon1. The van der Waals surface area contributed by atoms with Crippen molar-refractivity contribution in [3.05, 3.63) is 128 Å². The maximum atomic E-state index is 13.3. The number of halogens is 10. The van der Waals surface area contributed by atoms with Crippen molar-refractivity contribution in [3.63, 3.8) is 0 Å². The number of ether oxygens (including phenoxy) is 2. The summed E-state index contributed by atoms with van der Waals surface area (Å²) in [6, 6.07) is 9.28. The predicted octanol–water partition coefficient (Wildman–Crippen LogP) is 10.1. The molecule has 34 heteroatoms. The number of esters is 1. The summed E-state index contributed by atoms with van der Waals surface area (Å²) >= 11 is 23.2. The molecule has 1 fully saturated rings. The summed E-state index contributed by atoms with van der Waals surface area (Å²) in [6.07, 6.45) is -2.48. The van der Waals surface area contributed by atoms with Gasteiger partial charge < -0.3 is 18.5 Å². The number of aromatic nitrogens is 10. The molecule has 6 aromatic heterocycles. The van der Waals surface area contributed by atoms with Crippen LogP contribution in [0.25, 0.3) is 34.7 Å². The van der Waals surface area contributed by atoms with Crippen LogP contribution in [-0.2, 0) is 41.9 Å². The predicted molar refractivity (Wildman–Crippen MR) is 260 cm³/mol. The van der Waals surface area contributed by atoms with Crippen LogP contribution >= 0.6 is 46.4 Å². The number of carbonyl (C=O) groups excluding carboxylic acids is 2. The maximum absolute atomic E-state index is 13.3. The third-order valence-corrected chi connectivity index (χ3v) is 13.8.